The van der Waals surface area contributed by atoms with Crippen LogP contribution in [0.25, 0.3) is 0 Å². The van der Waals surface area contributed by atoms with Gasteiger partial charge in [-0.25, -0.2) is 0 Å². The standard InChI is InChI=1S/C24H38O8/c1-12(2)24(30)9-15(26)13(3)18(21(24,5)6)19(28)20(29)22(7)10-23(32-14(4)25)11-31-17(23)8-16(22)27/h12,15-17,19,26-28,30H,8-11H2,1-7H3/t15?,16?,17?,19?,22-,23-,24?/m0/s1. The molecule has 0 aromatic heterocycles. The van der Waals surface area contributed by atoms with Gasteiger partial charge in [-0.3, -0.25) is 9.59 Å². The molecular formula is C24H38O8. The van der Waals surface area contributed by atoms with Crippen molar-refractivity contribution in [3.63, 3.8) is 0 Å². The topological polar surface area (TPSA) is 134 Å². The molecule has 1 heterocycles. The smallest absolute Gasteiger partial charge is 0.303 e. The number of carbonyl (C=O) groups is 2. The van der Waals surface area contributed by atoms with Crippen molar-refractivity contribution < 1.29 is 39.5 Å². The van der Waals surface area contributed by atoms with Gasteiger partial charge in [0.25, 0.3) is 0 Å². The highest BCUT2D eigenvalue weighted by Crippen LogP contribution is 2.55. The van der Waals surface area contributed by atoms with Gasteiger partial charge < -0.3 is 29.9 Å². The molecule has 0 aromatic carbocycles. The van der Waals surface area contributed by atoms with Crippen molar-refractivity contribution in [2.45, 2.75) is 103 Å². The van der Waals surface area contributed by atoms with E-state index in [1.54, 1.807) is 27.7 Å². The van der Waals surface area contributed by atoms with E-state index in [0.717, 1.165) is 0 Å². The molecule has 5 unspecified atom stereocenters. The molecule has 0 spiro atoms. The van der Waals surface area contributed by atoms with Gasteiger partial charge in [0.1, 0.15) is 12.2 Å². The van der Waals surface area contributed by atoms with Crippen LogP contribution in [0.3, 0.4) is 0 Å². The van der Waals surface area contributed by atoms with E-state index in [1.807, 2.05) is 13.8 Å². The van der Waals surface area contributed by atoms with E-state index in [-0.39, 0.29) is 37.4 Å². The summed E-state index contributed by atoms with van der Waals surface area (Å²) in [6.45, 7) is 11.9. The van der Waals surface area contributed by atoms with Crippen molar-refractivity contribution in [3.8, 4) is 0 Å². The van der Waals surface area contributed by atoms with Gasteiger partial charge in [0.05, 0.1) is 29.8 Å². The Morgan fingerprint density at radius 3 is 2.25 bits per heavy atom. The van der Waals surface area contributed by atoms with Crippen LogP contribution in [0.15, 0.2) is 11.1 Å². The molecule has 0 aromatic rings. The first-order valence-corrected chi connectivity index (χ1v) is 11.4. The van der Waals surface area contributed by atoms with Crippen LogP contribution in [-0.2, 0) is 19.1 Å². The number of aliphatic hydroxyl groups is 4. The van der Waals surface area contributed by atoms with E-state index in [2.05, 4.69) is 0 Å². The molecule has 4 N–H and O–H groups in total. The fourth-order valence-corrected chi connectivity index (χ4v) is 6.27. The summed E-state index contributed by atoms with van der Waals surface area (Å²) in [5.74, 6) is -1.36. The van der Waals surface area contributed by atoms with Crippen LogP contribution in [0, 0.1) is 16.7 Å². The maximum atomic E-state index is 13.8. The molecule has 3 rings (SSSR count). The molecular weight excluding hydrogens is 416 g/mol. The molecule has 0 bridgehead atoms. The number of Topliss-reactive ketones (excluding diaryl/α,β-unsaturated/α-hetero) is 1. The number of carbonyl (C=O) groups excluding carboxylic acids is 2. The minimum Gasteiger partial charge on any atom is -0.454 e. The summed E-state index contributed by atoms with van der Waals surface area (Å²) in [5, 5.41) is 44.4. The Balaban J connectivity index is 2.01. The SMILES string of the molecule is CC(=O)O[C@@]12COC1CC(O)[C@@](C)(C(=O)C(O)C1=C(C)C(O)CC(O)(C(C)C)C1(C)C)C2. The van der Waals surface area contributed by atoms with Gasteiger partial charge in [-0.2, -0.15) is 0 Å². The van der Waals surface area contributed by atoms with Gasteiger partial charge in [0, 0.05) is 31.6 Å². The van der Waals surface area contributed by atoms with Gasteiger partial charge in [0.15, 0.2) is 11.4 Å². The molecule has 0 radical (unpaired) electrons. The molecule has 1 saturated carbocycles. The summed E-state index contributed by atoms with van der Waals surface area (Å²) in [6, 6.07) is 0. The van der Waals surface area contributed by atoms with Crippen LogP contribution >= 0.6 is 0 Å². The third-order valence-corrected chi connectivity index (χ3v) is 8.53. The average Bonchev–Trinajstić information content (AvgIpc) is 2.66. The van der Waals surface area contributed by atoms with Crippen LogP contribution < -0.4 is 0 Å². The second-order valence-electron chi connectivity index (χ2n) is 11.1. The molecule has 32 heavy (non-hydrogen) atoms. The van der Waals surface area contributed by atoms with E-state index in [4.69, 9.17) is 9.47 Å². The van der Waals surface area contributed by atoms with E-state index in [1.165, 1.54) is 6.92 Å². The zero-order valence-corrected chi connectivity index (χ0v) is 20.1. The minimum absolute atomic E-state index is 0.0189. The number of ether oxygens (including phenoxy) is 2. The van der Waals surface area contributed by atoms with E-state index in [0.29, 0.717) is 5.57 Å². The third-order valence-electron chi connectivity index (χ3n) is 8.53. The first-order chi connectivity index (χ1) is 14.5. The quantitative estimate of drug-likeness (QED) is 0.361. The van der Waals surface area contributed by atoms with Crippen LogP contribution in [0.2, 0.25) is 0 Å². The van der Waals surface area contributed by atoms with Crippen molar-refractivity contribution in [1.82, 2.24) is 0 Å². The van der Waals surface area contributed by atoms with Crippen LogP contribution in [0.4, 0.5) is 0 Å². The number of hydrogen-bond donors (Lipinski definition) is 4. The largest absolute Gasteiger partial charge is 0.454 e. The van der Waals surface area contributed by atoms with Crippen LogP contribution in [0.1, 0.15) is 67.7 Å². The Kier molecular flexibility index (Phi) is 6.23. The molecule has 2 aliphatic carbocycles. The lowest BCUT2D eigenvalue weighted by Gasteiger charge is -2.57. The van der Waals surface area contributed by atoms with Gasteiger partial charge in [-0.05, 0) is 30.9 Å². The van der Waals surface area contributed by atoms with Crippen molar-refractivity contribution in [1.29, 1.82) is 0 Å². The van der Waals surface area contributed by atoms with Crippen molar-refractivity contribution >= 4 is 11.8 Å². The molecule has 2 fully saturated rings. The molecule has 182 valence electrons. The van der Waals surface area contributed by atoms with E-state index in [9.17, 15) is 30.0 Å². The highest BCUT2D eigenvalue weighted by atomic mass is 16.6. The Morgan fingerprint density at radius 2 is 1.78 bits per heavy atom. The normalized spacial score (nSPS) is 42.2. The Hall–Kier alpha value is -1.32. The number of aliphatic hydroxyl groups excluding tert-OH is 3. The monoisotopic (exact) mass is 454 g/mol. The molecule has 3 aliphatic rings. The molecule has 8 nitrogen and oxygen atoms in total. The predicted octanol–water partition coefficient (Wildman–Crippen LogP) is 1.27. The Morgan fingerprint density at radius 1 is 1.19 bits per heavy atom. The van der Waals surface area contributed by atoms with Crippen molar-refractivity contribution in [3.05, 3.63) is 11.1 Å². The lowest BCUT2D eigenvalue weighted by Crippen LogP contribution is -2.70. The van der Waals surface area contributed by atoms with E-state index >= 15 is 0 Å². The summed E-state index contributed by atoms with van der Waals surface area (Å²) in [4.78, 5) is 25.5. The number of ketones is 1. The highest BCUT2D eigenvalue weighted by molar-refractivity contribution is 5.92. The summed E-state index contributed by atoms with van der Waals surface area (Å²) < 4.78 is 11.0. The fraction of sp³-hybridized carbons (Fsp3) is 0.833. The summed E-state index contributed by atoms with van der Waals surface area (Å²) in [5.41, 5.74) is -4.05. The molecule has 1 saturated heterocycles. The first kappa shape index (κ1) is 25.3. The number of esters is 1. The molecule has 8 heteroatoms. The summed E-state index contributed by atoms with van der Waals surface area (Å²) >= 11 is 0. The maximum absolute atomic E-state index is 13.8. The highest BCUT2D eigenvalue weighted by Gasteiger charge is 2.65. The summed E-state index contributed by atoms with van der Waals surface area (Å²) in [7, 11) is 0. The Labute approximate surface area is 189 Å². The zero-order chi connectivity index (χ0) is 24.4. The Bertz CT molecular complexity index is 832. The number of rotatable bonds is 5. The van der Waals surface area contributed by atoms with Crippen LogP contribution in [0.5, 0.6) is 0 Å². The predicted molar refractivity (Wildman–Crippen MR) is 115 cm³/mol. The minimum atomic E-state index is -1.64. The maximum Gasteiger partial charge on any atom is 0.303 e. The third kappa shape index (κ3) is 3.46. The van der Waals surface area contributed by atoms with Gasteiger partial charge in [-0.1, -0.05) is 27.7 Å². The van der Waals surface area contributed by atoms with Crippen molar-refractivity contribution in [2.75, 3.05) is 6.61 Å². The average molecular weight is 455 g/mol. The lowest BCUT2D eigenvalue weighted by molar-refractivity contribution is -0.291. The molecule has 0 amide bonds. The van der Waals surface area contributed by atoms with Gasteiger partial charge in [0.2, 0.25) is 0 Å². The lowest BCUT2D eigenvalue weighted by atomic mass is 9.54. The summed E-state index contributed by atoms with van der Waals surface area (Å²) in [6.07, 6.45) is -4.04. The number of hydrogen-bond acceptors (Lipinski definition) is 8. The second kappa shape index (κ2) is 7.87. The van der Waals surface area contributed by atoms with Crippen LogP contribution in [-0.4, -0.2) is 74.4 Å². The zero-order valence-electron chi connectivity index (χ0n) is 20.1. The number of fused-ring (bicyclic) bond motifs is 1. The molecule has 7 atom stereocenters. The fourth-order valence-electron chi connectivity index (χ4n) is 6.27. The van der Waals surface area contributed by atoms with Gasteiger partial charge >= 0.3 is 5.97 Å². The van der Waals surface area contributed by atoms with E-state index < -0.39 is 58.2 Å². The molecule has 1 aliphatic heterocycles. The first-order valence-electron chi connectivity index (χ1n) is 11.4. The second-order valence-corrected chi connectivity index (χ2v) is 11.1. The van der Waals surface area contributed by atoms with Gasteiger partial charge in [-0.15, -0.1) is 0 Å². The van der Waals surface area contributed by atoms with Crippen molar-refractivity contribution in [2.24, 2.45) is 16.7 Å².